The van der Waals surface area contributed by atoms with Gasteiger partial charge in [-0.1, -0.05) is 27.7 Å². The molecule has 2 amide bonds. The van der Waals surface area contributed by atoms with E-state index in [-0.39, 0.29) is 11.8 Å². The van der Waals surface area contributed by atoms with Crippen LogP contribution < -0.4 is 31.0 Å². The number of likely N-dealkylation sites (N-methyl/N-ethyl adjacent to an activating group) is 2. The van der Waals surface area contributed by atoms with Crippen molar-refractivity contribution in [2.45, 2.75) is 27.7 Å². The topological polar surface area (TPSA) is 107 Å². The second kappa shape index (κ2) is 13.9. The Kier molecular flexibility index (Phi) is 10.6. The molecule has 0 bridgehead atoms. The summed E-state index contributed by atoms with van der Waals surface area (Å²) in [5.74, 6) is 0.461. The van der Waals surface area contributed by atoms with Crippen molar-refractivity contribution in [1.29, 1.82) is 0 Å². The molecule has 0 fully saturated rings. The second-order valence-electron chi connectivity index (χ2n) is 8.98. The van der Waals surface area contributed by atoms with Gasteiger partial charge in [0.05, 0.1) is 42.3 Å². The average molecular weight is 527 g/mol. The van der Waals surface area contributed by atoms with E-state index in [0.29, 0.717) is 47.0 Å². The average Bonchev–Trinajstić information content (AvgIpc) is 2.95. The fourth-order valence-electron chi connectivity index (χ4n) is 4.64. The van der Waals surface area contributed by atoms with Crippen LogP contribution in [0.1, 0.15) is 48.4 Å². The molecule has 0 saturated carbocycles. The van der Waals surface area contributed by atoms with Crippen LogP contribution in [0.15, 0.2) is 24.3 Å². The molecule has 0 aromatic heterocycles. The number of benzene rings is 2. The van der Waals surface area contributed by atoms with E-state index in [9.17, 15) is 9.59 Å². The van der Waals surface area contributed by atoms with Gasteiger partial charge in [0.15, 0.2) is 0 Å². The maximum Gasteiger partial charge on any atom is 0.255 e. The lowest BCUT2D eigenvalue weighted by Gasteiger charge is -2.27. The molecular formula is C28H42N6O4. The minimum atomic E-state index is -0.221. The first-order valence-electron chi connectivity index (χ1n) is 13.4. The van der Waals surface area contributed by atoms with E-state index in [2.05, 4.69) is 59.0 Å². The number of hydrazine groups is 1. The molecular weight excluding hydrogens is 484 g/mol. The number of anilines is 2. The first-order chi connectivity index (χ1) is 18.4. The summed E-state index contributed by atoms with van der Waals surface area (Å²) >= 11 is 0. The minimum absolute atomic E-state index is 0.209. The highest BCUT2D eigenvalue weighted by Gasteiger charge is 2.27. The van der Waals surface area contributed by atoms with Gasteiger partial charge in [0.2, 0.25) is 0 Å². The molecule has 208 valence electrons. The molecule has 2 aromatic rings. The standard InChI is InChI=1S/C28H42N6O4/c1-7-33(8-2)15-13-29-27(35)19-11-12-22-25(26(19)38-6)20-17-21(24(37-5)18-23(20)32-31-22)28(36)30-14-16-34(9-3)10-4/h11-12,17-18,31-32H,7-10,13-16H2,1-6H3,(H,29,35)(H,30,36). The van der Waals surface area contributed by atoms with Crippen LogP contribution in [-0.4, -0.2) is 88.2 Å². The zero-order valence-corrected chi connectivity index (χ0v) is 23.5. The molecule has 1 heterocycles. The number of carbonyl (C=O) groups excluding carboxylic acids is 2. The maximum atomic E-state index is 13.2. The minimum Gasteiger partial charge on any atom is -0.496 e. The lowest BCUT2D eigenvalue weighted by molar-refractivity contribution is 0.0937. The molecule has 0 saturated heterocycles. The molecule has 1 aliphatic rings. The third-order valence-corrected chi connectivity index (χ3v) is 7.01. The summed E-state index contributed by atoms with van der Waals surface area (Å²) in [6.07, 6.45) is 0. The third kappa shape index (κ3) is 6.49. The number of methoxy groups -OCH3 is 2. The Bertz CT molecular complexity index is 1120. The normalized spacial score (nSPS) is 11.8. The summed E-state index contributed by atoms with van der Waals surface area (Å²) < 4.78 is 11.3. The Labute approximate surface area is 226 Å². The Morgan fingerprint density at radius 2 is 1.32 bits per heavy atom. The van der Waals surface area contributed by atoms with E-state index in [1.165, 1.54) is 0 Å². The summed E-state index contributed by atoms with van der Waals surface area (Å²) in [7, 11) is 3.09. The summed E-state index contributed by atoms with van der Waals surface area (Å²) in [5.41, 5.74) is 10.1. The number of nitrogens with one attached hydrogen (secondary N) is 4. The molecule has 3 rings (SSSR count). The van der Waals surface area contributed by atoms with Crippen LogP contribution in [0.3, 0.4) is 0 Å². The highest BCUT2D eigenvalue weighted by molar-refractivity contribution is 6.06. The Balaban J connectivity index is 1.92. The quantitative estimate of drug-likeness (QED) is 0.297. The van der Waals surface area contributed by atoms with Crippen LogP contribution in [0.4, 0.5) is 11.4 Å². The van der Waals surface area contributed by atoms with Crippen molar-refractivity contribution in [1.82, 2.24) is 20.4 Å². The SMILES string of the molecule is CCN(CC)CCNC(=O)c1cc2c(cc1OC)NNc1ccc(C(=O)NCCN(CC)CC)c(OC)c1-2. The van der Waals surface area contributed by atoms with Gasteiger partial charge in [0.1, 0.15) is 11.5 Å². The van der Waals surface area contributed by atoms with Gasteiger partial charge in [-0.15, -0.1) is 0 Å². The Hall–Kier alpha value is -3.50. The molecule has 10 heteroatoms. The Morgan fingerprint density at radius 1 is 0.763 bits per heavy atom. The van der Waals surface area contributed by atoms with Crippen LogP contribution in [0, 0.1) is 0 Å². The van der Waals surface area contributed by atoms with Crippen molar-refractivity contribution in [2.24, 2.45) is 0 Å². The summed E-state index contributed by atoms with van der Waals surface area (Å²) in [4.78, 5) is 30.8. The van der Waals surface area contributed by atoms with E-state index in [4.69, 9.17) is 9.47 Å². The number of nitrogens with zero attached hydrogens (tertiary/aromatic N) is 2. The summed E-state index contributed by atoms with van der Waals surface area (Å²) in [6, 6.07) is 7.15. The van der Waals surface area contributed by atoms with Crippen LogP contribution in [0.25, 0.3) is 11.1 Å². The van der Waals surface area contributed by atoms with Gasteiger partial charge in [-0.25, -0.2) is 0 Å². The smallest absolute Gasteiger partial charge is 0.255 e. The van der Waals surface area contributed by atoms with Crippen molar-refractivity contribution in [3.63, 3.8) is 0 Å². The molecule has 38 heavy (non-hydrogen) atoms. The zero-order chi connectivity index (χ0) is 27.7. The van der Waals surface area contributed by atoms with Crippen molar-refractivity contribution in [3.8, 4) is 22.6 Å². The predicted octanol–water partition coefficient (Wildman–Crippen LogP) is 3.27. The van der Waals surface area contributed by atoms with Gasteiger partial charge in [0, 0.05) is 37.8 Å². The van der Waals surface area contributed by atoms with E-state index < -0.39 is 0 Å². The first-order valence-corrected chi connectivity index (χ1v) is 13.4. The number of ether oxygens (including phenoxy) is 2. The number of amides is 2. The van der Waals surface area contributed by atoms with Gasteiger partial charge < -0.3 is 40.8 Å². The monoisotopic (exact) mass is 526 g/mol. The largest absolute Gasteiger partial charge is 0.496 e. The van der Waals surface area contributed by atoms with Crippen LogP contribution in [0.5, 0.6) is 11.5 Å². The van der Waals surface area contributed by atoms with Crippen molar-refractivity contribution in [2.75, 3.05) is 77.4 Å². The number of rotatable bonds is 14. The fourth-order valence-corrected chi connectivity index (χ4v) is 4.64. The van der Waals surface area contributed by atoms with Crippen molar-refractivity contribution in [3.05, 3.63) is 35.4 Å². The van der Waals surface area contributed by atoms with Gasteiger partial charge in [-0.2, -0.15) is 0 Å². The van der Waals surface area contributed by atoms with E-state index in [0.717, 1.165) is 50.5 Å². The molecule has 0 aliphatic carbocycles. The van der Waals surface area contributed by atoms with Gasteiger partial charge in [-0.3, -0.25) is 9.59 Å². The lowest BCUT2D eigenvalue weighted by atomic mass is 9.94. The number of carbonyl (C=O) groups is 2. The van der Waals surface area contributed by atoms with E-state index >= 15 is 0 Å². The number of hydrogen-bond acceptors (Lipinski definition) is 8. The molecule has 4 N–H and O–H groups in total. The molecule has 2 aromatic carbocycles. The Morgan fingerprint density at radius 3 is 1.84 bits per heavy atom. The first kappa shape index (κ1) is 29.1. The van der Waals surface area contributed by atoms with Gasteiger partial charge >= 0.3 is 0 Å². The van der Waals surface area contributed by atoms with Gasteiger partial charge in [-0.05, 0) is 44.4 Å². The fraction of sp³-hybridized carbons (Fsp3) is 0.500. The highest BCUT2D eigenvalue weighted by atomic mass is 16.5. The lowest BCUT2D eigenvalue weighted by Crippen LogP contribution is -2.35. The zero-order valence-electron chi connectivity index (χ0n) is 23.5. The van der Waals surface area contributed by atoms with Crippen LogP contribution >= 0.6 is 0 Å². The summed E-state index contributed by atoms with van der Waals surface area (Å²) in [5, 5.41) is 6.02. The van der Waals surface area contributed by atoms with Crippen molar-refractivity contribution >= 4 is 23.2 Å². The molecule has 10 nitrogen and oxygen atoms in total. The maximum absolute atomic E-state index is 13.2. The molecule has 0 spiro atoms. The summed E-state index contributed by atoms with van der Waals surface area (Å²) in [6.45, 7) is 14.7. The molecule has 0 unspecified atom stereocenters. The van der Waals surface area contributed by atoms with E-state index in [1.54, 1.807) is 32.4 Å². The predicted molar refractivity (Wildman–Crippen MR) is 152 cm³/mol. The van der Waals surface area contributed by atoms with Crippen LogP contribution in [0.2, 0.25) is 0 Å². The second-order valence-corrected chi connectivity index (χ2v) is 8.98. The number of hydrogen-bond donors (Lipinski definition) is 4. The van der Waals surface area contributed by atoms with Crippen molar-refractivity contribution < 1.29 is 19.1 Å². The van der Waals surface area contributed by atoms with E-state index in [1.807, 2.05) is 6.07 Å². The highest BCUT2D eigenvalue weighted by Crippen LogP contribution is 2.47. The van der Waals surface area contributed by atoms with Gasteiger partial charge in [0.25, 0.3) is 11.8 Å². The number of fused-ring (bicyclic) bond motifs is 3. The molecule has 1 aliphatic heterocycles. The molecule has 0 atom stereocenters. The molecule has 0 radical (unpaired) electrons. The van der Waals surface area contributed by atoms with Crippen LogP contribution in [-0.2, 0) is 0 Å². The third-order valence-electron chi connectivity index (χ3n) is 7.01.